The van der Waals surface area contributed by atoms with E-state index in [0.717, 1.165) is 11.0 Å². The smallest absolute Gasteiger partial charge is 0.418 e. The number of rotatable bonds is 5. The van der Waals surface area contributed by atoms with E-state index in [4.69, 9.17) is 14.2 Å². The van der Waals surface area contributed by atoms with Crippen LogP contribution in [0.3, 0.4) is 0 Å². The Hall–Kier alpha value is -3.49. The minimum absolute atomic E-state index is 0.190. The van der Waals surface area contributed by atoms with Crippen molar-refractivity contribution in [3.05, 3.63) is 58.8 Å². The van der Waals surface area contributed by atoms with Crippen LogP contribution in [0.25, 0.3) is 0 Å². The highest BCUT2D eigenvalue weighted by Crippen LogP contribution is 2.50. The van der Waals surface area contributed by atoms with Gasteiger partial charge >= 0.3 is 6.18 Å². The lowest BCUT2D eigenvalue weighted by atomic mass is 9.76. The highest BCUT2D eigenvalue weighted by Gasteiger charge is 2.44. The summed E-state index contributed by atoms with van der Waals surface area (Å²) in [5.74, 6) is -0.356. The molecule has 0 saturated carbocycles. The van der Waals surface area contributed by atoms with E-state index in [2.05, 4.69) is 0 Å². The van der Waals surface area contributed by atoms with E-state index in [1.165, 1.54) is 39.5 Å². The van der Waals surface area contributed by atoms with Gasteiger partial charge in [0.15, 0.2) is 17.3 Å². The molecule has 4 rings (SSSR count). The van der Waals surface area contributed by atoms with Crippen molar-refractivity contribution in [1.29, 1.82) is 0 Å². The molecule has 0 unspecified atom stereocenters. The molecule has 1 aliphatic heterocycles. The number of carbonyl (C=O) groups excluding carboxylic acids is 2. The van der Waals surface area contributed by atoms with Gasteiger partial charge in [-0.15, -0.1) is 0 Å². The molecule has 1 heterocycles. The van der Waals surface area contributed by atoms with E-state index in [1.807, 2.05) is 0 Å². The van der Waals surface area contributed by atoms with Gasteiger partial charge in [-0.05, 0) is 31.0 Å². The number of anilines is 1. The molecule has 34 heavy (non-hydrogen) atoms. The van der Waals surface area contributed by atoms with Crippen molar-refractivity contribution in [1.82, 2.24) is 0 Å². The first-order chi connectivity index (χ1) is 16.2. The van der Waals surface area contributed by atoms with Crippen molar-refractivity contribution in [3.8, 4) is 17.2 Å². The molecule has 0 saturated heterocycles. The van der Waals surface area contributed by atoms with Crippen LogP contribution in [0.4, 0.5) is 18.9 Å². The molecule has 0 bridgehead atoms. The van der Waals surface area contributed by atoms with Crippen LogP contribution in [0.5, 0.6) is 17.2 Å². The second-order valence-corrected chi connectivity index (χ2v) is 8.06. The Balaban J connectivity index is 1.94. The van der Waals surface area contributed by atoms with Gasteiger partial charge in [0.1, 0.15) is 0 Å². The molecule has 6 nitrogen and oxygen atoms in total. The summed E-state index contributed by atoms with van der Waals surface area (Å²) in [6.45, 7) is 0. The summed E-state index contributed by atoms with van der Waals surface area (Å²) < 4.78 is 57.6. The molecule has 1 aliphatic carbocycles. The molecule has 180 valence electrons. The lowest BCUT2D eigenvalue weighted by Crippen LogP contribution is -2.41. The van der Waals surface area contributed by atoms with Gasteiger partial charge in [-0.2, -0.15) is 13.2 Å². The number of alkyl halides is 3. The molecule has 2 aliphatic rings. The van der Waals surface area contributed by atoms with E-state index in [9.17, 15) is 22.8 Å². The number of hydrogen-bond acceptors (Lipinski definition) is 5. The third kappa shape index (κ3) is 3.89. The van der Waals surface area contributed by atoms with Crippen LogP contribution in [0.15, 0.2) is 47.7 Å². The van der Waals surface area contributed by atoms with E-state index < -0.39 is 23.6 Å². The molecule has 1 amide bonds. The SMILES string of the molecule is COc1ccc([C@@H]2CC(=O)N(c3ccccc3C(F)(F)F)C3=C2C(=O)CCC3)c(OC)c1OC. The topological polar surface area (TPSA) is 65.1 Å². The van der Waals surface area contributed by atoms with E-state index in [0.29, 0.717) is 46.9 Å². The summed E-state index contributed by atoms with van der Waals surface area (Å²) in [4.78, 5) is 27.6. The Bertz CT molecular complexity index is 1170. The van der Waals surface area contributed by atoms with Crippen molar-refractivity contribution in [2.24, 2.45) is 0 Å². The average Bonchev–Trinajstić information content (AvgIpc) is 2.82. The van der Waals surface area contributed by atoms with Gasteiger partial charge in [0.25, 0.3) is 0 Å². The molecule has 1 atom stereocenters. The maximum Gasteiger partial charge on any atom is 0.418 e. The highest BCUT2D eigenvalue weighted by atomic mass is 19.4. The number of Topliss-reactive ketones (excluding diaryl/α,β-unsaturated/α-hetero) is 1. The Morgan fingerprint density at radius 2 is 1.62 bits per heavy atom. The number of carbonyl (C=O) groups is 2. The molecule has 2 aromatic rings. The maximum absolute atomic E-state index is 13.8. The van der Waals surface area contributed by atoms with Gasteiger partial charge in [-0.1, -0.05) is 18.2 Å². The summed E-state index contributed by atoms with van der Waals surface area (Å²) in [6.07, 6.45) is -3.83. The lowest BCUT2D eigenvalue weighted by molar-refractivity contribution is -0.137. The Labute approximate surface area is 194 Å². The zero-order chi connectivity index (χ0) is 24.6. The van der Waals surface area contributed by atoms with Crippen molar-refractivity contribution >= 4 is 17.4 Å². The lowest BCUT2D eigenvalue weighted by Gasteiger charge is -2.39. The summed E-state index contributed by atoms with van der Waals surface area (Å²) in [5, 5.41) is 0. The molecular formula is C25H24F3NO5. The Morgan fingerprint density at radius 3 is 2.26 bits per heavy atom. The quantitative estimate of drug-likeness (QED) is 0.591. The number of hydrogen-bond donors (Lipinski definition) is 0. The third-order valence-electron chi connectivity index (χ3n) is 6.24. The van der Waals surface area contributed by atoms with Crippen LogP contribution in [0.1, 0.15) is 42.7 Å². The summed E-state index contributed by atoms with van der Waals surface area (Å²) in [5.41, 5.74) is 0.00897. The zero-order valence-electron chi connectivity index (χ0n) is 19.0. The molecular weight excluding hydrogens is 451 g/mol. The highest BCUT2D eigenvalue weighted by molar-refractivity contribution is 6.08. The molecule has 9 heteroatoms. The number of halogens is 3. The number of amides is 1. The second-order valence-electron chi connectivity index (χ2n) is 8.06. The number of ether oxygens (including phenoxy) is 3. The van der Waals surface area contributed by atoms with E-state index >= 15 is 0 Å². The van der Waals surface area contributed by atoms with E-state index in [-0.39, 0.29) is 24.3 Å². The minimum atomic E-state index is -4.65. The van der Waals surface area contributed by atoms with Crippen LogP contribution >= 0.6 is 0 Å². The number of ketones is 1. The van der Waals surface area contributed by atoms with Crippen LogP contribution in [-0.2, 0) is 15.8 Å². The molecule has 2 aromatic carbocycles. The predicted molar refractivity (Wildman–Crippen MR) is 118 cm³/mol. The first kappa shape index (κ1) is 23.7. The first-order valence-corrected chi connectivity index (χ1v) is 10.8. The minimum Gasteiger partial charge on any atom is -0.493 e. The second kappa shape index (κ2) is 9.04. The number of para-hydroxylation sites is 1. The standard InChI is InChI=1S/C25H24F3NO5/c1-32-20-12-11-14(23(33-2)24(20)34-3)15-13-21(31)29(18-9-6-10-19(30)22(15)18)17-8-5-4-7-16(17)25(26,27)28/h4-5,7-8,11-12,15H,6,9-10,13H2,1-3H3/t15-/m0/s1. The molecule has 0 fully saturated rings. The van der Waals surface area contributed by atoms with Crippen molar-refractivity contribution in [2.75, 3.05) is 26.2 Å². The zero-order valence-corrected chi connectivity index (χ0v) is 19.0. The fourth-order valence-electron chi connectivity index (χ4n) is 4.85. The summed E-state index contributed by atoms with van der Waals surface area (Å²) >= 11 is 0. The van der Waals surface area contributed by atoms with Crippen LogP contribution in [0.2, 0.25) is 0 Å². The molecule has 0 radical (unpaired) electrons. The van der Waals surface area contributed by atoms with Crippen LogP contribution in [-0.4, -0.2) is 33.0 Å². The normalized spacial score (nSPS) is 18.6. The van der Waals surface area contributed by atoms with E-state index in [1.54, 1.807) is 12.1 Å². The molecule has 0 spiro atoms. The van der Waals surface area contributed by atoms with Gasteiger partial charge in [0, 0.05) is 35.6 Å². The maximum atomic E-state index is 13.8. The fourth-order valence-corrected chi connectivity index (χ4v) is 4.85. The first-order valence-electron chi connectivity index (χ1n) is 10.8. The van der Waals surface area contributed by atoms with Crippen LogP contribution in [0, 0.1) is 0 Å². The van der Waals surface area contributed by atoms with Gasteiger partial charge < -0.3 is 14.2 Å². The largest absolute Gasteiger partial charge is 0.493 e. The van der Waals surface area contributed by atoms with Gasteiger partial charge in [-0.3, -0.25) is 14.5 Å². The average molecular weight is 475 g/mol. The third-order valence-corrected chi connectivity index (χ3v) is 6.24. The van der Waals surface area contributed by atoms with Gasteiger partial charge in [0.05, 0.1) is 32.6 Å². The van der Waals surface area contributed by atoms with Crippen molar-refractivity contribution in [2.45, 2.75) is 37.8 Å². The van der Waals surface area contributed by atoms with Gasteiger partial charge in [0.2, 0.25) is 11.7 Å². The summed E-state index contributed by atoms with van der Waals surface area (Å²) in [7, 11) is 4.36. The number of allylic oxidation sites excluding steroid dienone is 2. The molecule has 0 N–H and O–H groups in total. The number of nitrogens with zero attached hydrogens (tertiary/aromatic N) is 1. The summed E-state index contributed by atoms with van der Waals surface area (Å²) in [6, 6.07) is 8.29. The van der Waals surface area contributed by atoms with Gasteiger partial charge in [-0.25, -0.2) is 0 Å². The Morgan fingerprint density at radius 1 is 0.912 bits per heavy atom. The Kier molecular flexibility index (Phi) is 6.29. The monoisotopic (exact) mass is 475 g/mol. The number of methoxy groups -OCH3 is 3. The van der Waals surface area contributed by atoms with Crippen molar-refractivity contribution < 1.29 is 37.0 Å². The predicted octanol–water partition coefficient (Wildman–Crippen LogP) is 5.26. The fraction of sp³-hybridized carbons (Fsp3) is 0.360. The van der Waals surface area contributed by atoms with Crippen molar-refractivity contribution in [3.63, 3.8) is 0 Å². The molecule has 0 aromatic heterocycles. The van der Waals surface area contributed by atoms with Crippen LogP contribution < -0.4 is 19.1 Å². The number of benzene rings is 2.